The Hall–Kier alpha value is -2.11. The summed E-state index contributed by atoms with van der Waals surface area (Å²) in [6.45, 7) is 0. The van der Waals surface area contributed by atoms with Crippen LogP contribution in [-0.4, -0.2) is 30.1 Å². The summed E-state index contributed by atoms with van der Waals surface area (Å²) in [5.74, 6) is -1.35. The minimum Gasteiger partial charge on any atom is -0.494 e. The van der Waals surface area contributed by atoms with Crippen molar-refractivity contribution in [1.29, 1.82) is 0 Å². The second-order valence-electron chi connectivity index (χ2n) is 5.57. The zero-order chi connectivity index (χ0) is 16.1. The van der Waals surface area contributed by atoms with E-state index in [1.54, 1.807) is 12.1 Å². The third-order valence-corrected chi connectivity index (χ3v) is 3.78. The summed E-state index contributed by atoms with van der Waals surface area (Å²) in [4.78, 5) is 23.0. The van der Waals surface area contributed by atoms with Crippen LogP contribution in [0, 0.1) is 11.7 Å². The minimum atomic E-state index is -1.02. The molecule has 1 aromatic carbocycles. The van der Waals surface area contributed by atoms with E-state index in [4.69, 9.17) is 9.84 Å². The first-order valence-corrected chi connectivity index (χ1v) is 7.34. The van der Waals surface area contributed by atoms with Crippen molar-refractivity contribution < 1.29 is 23.8 Å². The molecule has 1 aliphatic rings. The van der Waals surface area contributed by atoms with Gasteiger partial charge in [0, 0.05) is 6.42 Å². The number of carboxylic acid groups (broad SMARTS) is 1. The van der Waals surface area contributed by atoms with Crippen molar-refractivity contribution >= 4 is 11.9 Å². The van der Waals surface area contributed by atoms with Gasteiger partial charge in [-0.1, -0.05) is 25.0 Å². The lowest BCUT2D eigenvalue weighted by Crippen LogP contribution is -2.41. The Bertz CT molecular complexity index is 557. The number of carboxylic acids is 1. The van der Waals surface area contributed by atoms with Crippen LogP contribution in [0.3, 0.4) is 0 Å². The van der Waals surface area contributed by atoms with Crippen molar-refractivity contribution in [2.24, 2.45) is 5.92 Å². The molecular formula is C16H20FNO4. The minimum absolute atomic E-state index is 0.0402. The molecule has 2 rings (SSSR count). The average molecular weight is 309 g/mol. The molecule has 5 nitrogen and oxygen atoms in total. The number of hydrogen-bond acceptors (Lipinski definition) is 3. The predicted octanol–water partition coefficient (Wildman–Crippen LogP) is 2.14. The van der Waals surface area contributed by atoms with Crippen LogP contribution in [0.1, 0.15) is 31.2 Å². The van der Waals surface area contributed by atoms with Crippen LogP contribution in [0.5, 0.6) is 5.75 Å². The summed E-state index contributed by atoms with van der Waals surface area (Å²) in [5.41, 5.74) is 0.378. The second kappa shape index (κ2) is 7.24. The van der Waals surface area contributed by atoms with E-state index in [-0.39, 0.29) is 24.5 Å². The summed E-state index contributed by atoms with van der Waals surface area (Å²) < 4.78 is 18.8. The first-order valence-electron chi connectivity index (χ1n) is 7.34. The van der Waals surface area contributed by atoms with Gasteiger partial charge >= 0.3 is 5.97 Å². The van der Waals surface area contributed by atoms with Crippen LogP contribution >= 0.6 is 0 Å². The number of nitrogens with one attached hydrogen (secondary N) is 1. The number of benzene rings is 1. The molecular weight excluding hydrogens is 289 g/mol. The van der Waals surface area contributed by atoms with E-state index in [1.165, 1.54) is 13.2 Å². The number of amides is 1. The lowest BCUT2D eigenvalue weighted by Gasteiger charge is -2.14. The monoisotopic (exact) mass is 309 g/mol. The SMILES string of the molecule is COc1cccc(CCC(=O)NC(CC2CC2)C(=O)O)c1F. The number of rotatable bonds is 8. The van der Waals surface area contributed by atoms with Crippen molar-refractivity contribution in [3.8, 4) is 5.75 Å². The molecule has 2 N–H and O–H groups in total. The maximum absolute atomic E-state index is 13.9. The molecule has 0 saturated heterocycles. The van der Waals surface area contributed by atoms with E-state index in [0.29, 0.717) is 17.9 Å². The lowest BCUT2D eigenvalue weighted by atomic mass is 10.1. The first kappa shape index (κ1) is 16.3. The summed E-state index contributed by atoms with van der Waals surface area (Å²) >= 11 is 0. The summed E-state index contributed by atoms with van der Waals surface area (Å²) in [5, 5.41) is 11.6. The number of aryl methyl sites for hydroxylation is 1. The van der Waals surface area contributed by atoms with Gasteiger partial charge in [0.15, 0.2) is 11.6 Å². The molecule has 1 aliphatic carbocycles. The highest BCUT2D eigenvalue weighted by atomic mass is 19.1. The molecule has 120 valence electrons. The average Bonchev–Trinajstić information content (AvgIpc) is 3.29. The van der Waals surface area contributed by atoms with Crippen molar-refractivity contribution in [3.05, 3.63) is 29.6 Å². The van der Waals surface area contributed by atoms with Gasteiger partial charge in [-0.25, -0.2) is 9.18 Å². The Balaban J connectivity index is 1.87. The van der Waals surface area contributed by atoms with Gasteiger partial charge in [-0.15, -0.1) is 0 Å². The predicted molar refractivity (Wildman–Crippen MR) is 78.2 cm³/mol. The van der Waals surface area contributed by atoms with Gasteiger partial charge in [-0.3, -0.25) is 4.79 Å². The highest BCUT2D eigenvalue weighted by molar-refractivity contribution is 5.83. The van der Waals surface area contributed by atoms with E-state index in [2.05, 4.69) is 5.32 Å². The van der Waals surface area contributed by atoms with Crippen molar-refractivity contribution in [3.63, 3.8) is 0 Å². The number of hydrogen-bond donors (Lipinski definition) is 2. The maximum Gasteiger partial charge on any atom is 0.326 e. The van der Waals surface area contributed by atoms with E-state index in [9.17, 15) is 14.0 Å². The Morgan fingerprint density at radius 3 is 2.77 bits per heavy atom. The fourth-order valence-electron chi connectivity index (χ4n) is 2.33. The molecule has 0 spiro atoms. The fraction of sp³-hybridized carbons (Fsp3) is 0.500. The van der Waals surface area contributed by atoms with E-state index in [1.807, 2.05) is 0 Å². The molecule has 1 aromatic rings. The van der Waals surface area contributed by atoms with Crippen LogP contribution in [0.15, 0.2) is 18.2 Å². The number of methoxy groups -OCH3 is 1. The zero-order valence-electron chi connectivity index (χ0n) is 12.5. The van der Waals surface area contributed by atoms with Gasteiger partial charge in [0.05, 0.1) is 7.11 Å². The van der Waals surface area contributed by atoms with Crippen molar-refractivity contribution in [1.82, 2.24) is 5.32 Å². The highest BCUT2D eigenvalue weighted by Crippen LogP contribution is 2.33. The largest absolute Gasteiger partial charge is 0.494 e. The molecule has 1 unspecified atom stereocenters. The van der Waals surface area contributed by atoms with Crippen LogP contribution in [0.4, 0.5) is 4.39 Å². The fourth-order valence-corrected chi connectivity index (χ4v) is 2.33. The number of carbonyl (C=O) groups is 2. The lowest BCUT2D eigenvalue weighted by molar-refractivity contribution is -0.142. The van der Waals surface area contributed by atoms with Gasteiger partial charge < -0.3 is 15.2 Å². The van der Waals surface area contributed by atoms with Gasteiger partial charge in [0.25, 0.3) is 0 Å². The second-order valence-corrected chi connectivity index (χ2v) is 5.57. The van der Waals surface area contributed by atoms with Crippen LogP contribution in [0.25, 0.3) is 0 Å². The number of carbonyl (C=O) groups excluding carboxylic acids is 1. The van der Waals surface area contributed by atoms with Gasteiger partial charge in [-0.05, 0) is 30.4 Å². The third-order valence-electron chi connectivity index (χ3n) is 3.78. The standard InChI is InChI=1S/C16H20FNO4/c1-22-13-4-2-3-11(15(13)17)7-8-14(19)18-12(16(20)21)9-10-5-6-10/h2-4,10,12H,5-9H2,1H3,(H,18,19)(H,20,21). The normalized spacial score (nSPS) is 15.2. The van der Waals surface area contributed by atoms with Crippen LogP contribution < -0.4 is 10.1 Å². The smallest absolute Gasteiger partial charge is 0.326 e. The molecule has 1 atom stereocenters. The zero-order valence-corrected chi connectivity index (χ0v) is 12.5. The molecule has 0 heterocycles. The molecule has 1 fully saturated rings. The molecule has 1 saturated carbocycles. The van der Waals surface area contributed by atoms with E-state index >= 15 is 0 Å². The Labute approximate surface area is 128 Å². The quantitative estimate of drug-likeness (QED) is 0.771. The molecule has 6 heteroatoms. The van der Waals surface area contributed by atoms with Gasteiger partial charge in [0.1, 0.15) is 6.04 Å². The molecule has 1 amide bonds. The molecule has 22 heavy (non-hydrogen) atoms. The summed E-state index contributed by atoms with van der Waals surface area (Å²) in [7, 11) is 1.38. The Kier molecular flexibility index (Phi) is 5.35. The topological polar surface area (TPSA) is 75.6 Å². The Morgan fingerprint density at radius 1 is 1.45 bits per heavy atom. The third kappa shape index (κ3) is 4.44. The molecule has 0 aromatic heterocycles. The van der Waals surface area contributed by atoms with Gasteiger partial charge in [0.2, 0.25) is 5.91 Å². The number of halogens is 1. The summed E-state index contributed by atoms with van der Waals surface area (Å²) in [6, 6.07) is 3.90. The molecule has 0 radical (unpaired) electrons. The van der Waals surface area contributed by atoms with E-state index in [0.717, 1.165) is 12.8 Å². The van der Waals surface area contributed by atoms with Crippen molar-refractivity contribution in [2.45, 2.75) is 38.1 Å². The maximum atomic E-state index is 13.9. The van der Waals surface area contributed by atoms with Crippen LogP contribution in [-0.2, 0) is 16.0 Å². The number of aliphatic carboxylic acids is 1. The van der Waals surface area contributed by atoms with Gasteiger partial charge in [-0.2, -0.15) is 0 Å². The van der Waals surface area contributed by atoms with Crippen LogP contribution in [0.2, 0.25) is 0 Å². The van der Waals surface area contributed by atoms with E-state index < -0.39 is 17.8 Å². The summed E-state index contributed by atoms with van der Waals surface area (Å²) in [6.07, 6.45) is 2.75. The first-order chi connectivity index (χ1) is 10.5. The van der Waals surface area contributed by atoms with Crippen molar-refractivity contribution in [2.75, 3.05) is 7.11 Å². The highest BCUT2D eigenvalue weighted by Gasteiger charge is 2.30. The Morgan fingerprint density at radius 2 is 2.18 bits per heavy atom. The molecule has 0 bridgehead atoms. The molecule has 0 aliphatic heterocycles. The number of ether oxygens (including phenoxy) is 1.